The molecule has 4 fully saturated rings. The Balaban J connectivity index is 1.56. The molecule has 0 unspecified atom stereocenters. The average Bonchev–Trinajstić information content (AvgIpc) is 2.44. The largest absolute Gasteiger partial charge is 0.373 e. The summed E-state index contributed by atoms with van der Waals surface area (Å²) in [7, 11) is 1.78. The summed E-state index contributed by atoms with van der Waals surface area (Å²) in [4.78, 5) is 16.9. The minimum Gasteiger partial charge on any atom is -0.373 e. The van der Waals surface area contributed by atoms with Crippen molar-refractivity contribution in [3.63, 3.8) is 0 Å². The van der Waals surface area contributed by atoms with Gasteiger partial charge < -0.3 is 10.6 Å². The number of pyridine rings is 1. The third-order valence-electron chi connectivity index (χ3n) is 5.73. The van der Waals surface area contributed by atoms with Gasteiger partial charge in [0, 0.05) is 18.2 Å². The van der Waals surface area contributed by atoms with Crippen molar-refractivity contribution in [1.29, 1.82) is 0 Å². The van der Waals surface area contributed by atoms with Gasteiger partial charge in [-0.2, -0.15) is 0 Å². The maximum atomic E-state index is 12.7. The summed E-state index contributed by atoms with van der Waals surface area (Å²) in [6.45, 7) is 0. The van der Waals surface area contributed by atoms with Gasteiger partial charge >= 0.3 is 0 Å². The number of aromatic nitrogens is 1. The van der Waals surface area contributed by atoms with Crippen molar-refractivity contribution in [2.75, 3.05) is 12.4 Å². The molecule has 2 N–H and O–H groups in total. The van der Waals surface area contributed by atoms with Crippen LogP contribution in [0, 0.1) is 17.8 Å². The van der Waals surface area contributed by atoms with Crippen molar-refractivity contribution in [3.8, 4) is 0 Å². The van der Waals surface area contributed by atoms with E-state index in [-0.39, 0.29) is 11.4 Å². The van der Waals surface area contributed by atoms with Gasteiger partial charge in [-0.25, -0.2) is 4.98 Å². The van der Waals surface area contributed by atoms with Crippen molar-refractivity contribution in [1.82, 2.24) is 10.3 Å². The van der Waals surface area contributed by atoms with Crippen LogP contribution in [0.1, 0.15) is 48.9 Å². The summed E-state index contributed by atoms with van der Waals surface area (Å²) in [5.74, 6) is 3.08. The van der Waals surface area contributed by atoms with Gasteiger partial charge in [0.15, 0.2) is 0 Å². The van der Waals surface area contributed by atoms with Crippen LogP contribution in [0.5, 0.6) is 0 Å². The maximum Gasteiger partial charge on any atom is 0.251 e. The third-order valence-corrected chi connectivity index (χ3v) is 5.92. The van der Waals surface area contributed by atoms with Crippen LogP contribution < -0.4 is 10.6 Å². The SMILES string of the molecule is CNc1cc(C(=O)NC23CC4CC(CC(C4)C2)C3)cc(Cl)n1. The molecular weight excluding hydrogens is 298 g/mol. The predicted octanol–water partition coefficient (Wildman–Crippen LogP) is 3.48. The van der Waals surface area contributed by atoms with Gasteiger partial charge in [0.2, 0.25) is 0 Å². The maximum absolute atomic E-state index is 12.7. The van der Waals surface area contributed by atoms with Crippen LogP contribution in [-0.4, -0.2) is 23.5 Å². The standard InChI is InChI=1S/C17H22ClN3O/c1-19-15-6-13(5-14(18)20-15)16(22)21-17-7-10-2-11(8-17)4-12(3-10)9-17/h5-6,10-12H,2-4,7-9H2,1H3,(H,19,20)(H,21,22). The summed E-state index contributed by atoms with van der Waals surface area (Å²) < 4.78 is 0. The van der Waals surface area contributed by atoms with Crippen LogP contribution in [0.15, 0.2) is 12.1 Å². The second kappa shape index (κ2) is 5.12. The molecule has 0 aliphatic heterocycles. The summed E-state index contributed by atoms with van der Waals surface area (Å²) >= 11 is 6.02. The second-order valence-corrected chi connectivity index (χ2v) is 7.85. The fourth-order valence-corrected chi connectivity index (χ4v) is 5.54. The zero-order chi connectivity index (χ0) is 15.3. The molecule has 0 radical (unpaired) electrons. The number of carbonyl (C=O) groups excluding carboxylic acids is 1. The Hall–Kier alpha value is -1.29. The van der Waals surface area contributed by atoms with Crippen LogP contribution in [-0.2, 0) is 0 Å². The Morgan fingerprint density at radius 3 is 2.32 bits per heavy atom. The van der Waals surface area contributed by atoms with E-state index in [1.807, 2.05) is 0 Å². The van der Waals surface area contributed by atoms with Gasteiger partial charge in [0.25, 0.3) is 5.91 Å². The Labute approximate surface area is 136 Å². The van der Waals surface area contributed by atoms with Crippen molar-refractivity contribution in [2.24, 2.45) is 17.8 Å². The lowest BCUT2D eigenvalue weighted by atomic mass is 9.53. The third kappa shape index (κ3) is 2.47. The fraction of sp³-hybridized carbons (Fsp3) is 0.647. The Morgan fingerprint density at radius 1 is 1.18 bits per heavy atom. The zero-order valence-corrected chi connectivity index (χ0v) is 13.6. The van der Waals surface area contributed by atoms with E-state index in [1.54, 1.807) is 19.2 Å². The van der Waals surface area contributed by atoms with Gasteiger partial charge in [-0.1, -0.05) is 11.6 Å². The molecule has 1 aromatic rings. The highest BCUT2D eigenvalue weighted by Crippen LogP contribution is 2.55. The number of anilines is 1. The number of nitrogens with one attached hydrogen (secondary N) is 2. The van der Waals surface area contributed by atoms with Gasteiger partial charge in [0.05, 0.1) is 0 Å². The van der Waals surface area contributed by atoms with E-state index in [0.717, 1.165) is 37.0 Å². The van der Waals surface area contributed by atoms with Crippen molar-refractivity contribution in [2.45, 2.75) is 44.1 Å². The lowest BCUT2D eigenvalue weighted by Gasteiger charge is -2.56. The predicted molar refractivity (Wildman–Crippen MR) is 87.2 cm³/mol. The Kier molecular flexibility index (Phi) is 3.33. The first-order valence-electron chi connectivity index (χ1n) is 8.23. The molecule has 5 rings (SSSR count). The van der Waals surface area contributed by atoms with E-state index < -0.39 is 0 Å². The fourth-order valence-electron chi connectivity index (χ4n) is 5.33. The number of rotatable bonds is 3. The monoisotopic (exact) mass is 319 g/mol. The molecular formula is C17H22ClN3O. The quantitative estimate of drug-likeness (QED) is 0.839. The van der Waals surface area contributed by atoms with Crippen molar-refractivity contribution < 1.29 is 4.79 Å². The van der Waals surface area contributed by atoms with Crippen molar-refractivity contribution >= 4 is 23.3 Å². The van der Waals surface area contributed by atoms with E-state index in [2.05, 4.69) is 15.6 Å². The van der Waals surface area contributed by atoms with Gasteiger partial charge in [-0.15, -0.1) is 0 Å². The molecule has 4 aliphatic rings. The molecule has 22 heavy (non-hydrogen) atoms. The van der Waals surface area contributed by atoms with E-state index in [9.17, 15) is 4.79 Å². The molecule has 4 bridgehead atoms. The highest BCUT2D eigenvalue weighted by molar-refractivity contribution is 6.29. The van der Waals surface area contributed by atoms with Crippen LogP contribution in [0.3, 0.4) is 0 Å². The summed E-state index contributed by atoms with van der Waals surface area (Å²) in [5.41, 5.74) is 0.626. The first kappa shape index (κ1) is 14.3. The number of halogens is 1. The lowest BCUT2D eigenvalue weighted by molar-refractivity contribution is -0.0167. The molecule has 1 heterocycles. The first-order chi connectivity index (χ1) is 10.5. The molecule has 4 saturated carbocycles. The summed E-state index contributed by atoms with van der Waals surface area (Å²) in [6.07, 6.45) is 7.59. The number of carbonyl (C=O) groups is 1. The molecule has 0 saturated heterocycles. The highest BCUT2D eigenvalue weighted by atomic mass is 35.5. The number of hydrogen-bond donors (Lipinski definition) is 2. The van der Waals surface area contributed by atoms with Crippen LogP contribution in [0.25, 0.3) is 0 Å². The Morgan fingerprint density at radius 2 is 1.77 bits per heavy atom. The van der Waals surface area contributed by atoms with Crippen LogP contribution in [0.4, 0.5) is 5.82 Å². The normalized spacial score (nSPS) is 35.5. The first-order valence-corrected chi connectivity index (χ1v) is 8.61. The topological polar surface area (TPSA) is 54.0 Å². The van der Waals surface area contributed by atoms with E-state index >= 15 is 0 Å². The Bertz CT molecular complexity index is 581. The molecule has 118 valence electrons. The molecule has 0 aromatic carbocycles. The molecule has 4 aliphatic carbocycles. The number of nitrogens with zero attached hydrogens (tertiary/aromatic N) is 1. The lowest BCUT2D eigenvalue weighted by Crippen LogP contribution is -2.59. The van der Waals surface area contributed by atoms with E-state index in [1.165, 1.54) is 19.3 Å². The smallest absolute Gasteiger partial charge is 0.251 e. The number of hydrogen-bond acceptors (Lipinski definition) is 3. The minimum atomic E-state index is -0.0113. The van der Waals surface area contributed by atoms with E-state index in [4.69, 9.17) is 11.6 Å². The van der Waals surface area contributed by atoms with Gasteiger partial charge in [-0.05, 0) is 68.4 Å². The highest BCUT2D eigenvalue weighted by Gasteiger charge is 2.51. The van der Waals surface area contributed by atoms with Crippen LogP contribution >= 0.6 is 11.6 Å². The summed E-state index contributed by atoms with van der Waals surface area (Å²) in [6, 6.07) is 3.42. The molecule has 0 spiro atoms. The summed E-state index contributed by atoms with van der Waals surface area (Å²) in [5, 5.41) is 6.66. The molecule has 1 aromatic heterocycles. The van der Waals surface area contributed by atoms with Crippen LogP contribution in [0.2, 0.25) is 5.15 Å². The molecule has 4 nitrogen and oxygen atoms in total. The molecule has 5 heteroatoms. The average molecular weight is 320 g/mol. The molecule has 1 amide bonds. The number of amides is 1. The van der Waals surface area contributed by atoms with E-state index in [0.29, 0.717) is 16.5 Å². The van der Waals surface area contributed by atoms with Gasteiger partial charge in [0.1, 0.15) is 11.0 Å². The zero-order valence-electron chi connectivity index (χ0n) is 12.9. The van der Waals surface area contributed by atoms with Crippen molar-refractivity contribution in [3.05, 3.63) is 22.8 Å². The minimum absolute atomic E-state index is 0.0113. The second-order valence-electron chi connectivity index (χ2n) is 7.47. The molecule has 0 atom stereocenters. The van der Waals surface area contributed by atoms with Gasteiger partial charge in [-0.3, -0.25) is 4.79 Å².